The maximum atomic E-state index is 6.01. The monoisotopic (exact) mass is 219 g/mol. The zero-order valence-corrected chi connectivity index (χ0v) is 10.2. The van der Waals surface area contributed by atoms with E-state index in [4.69, 9.17) is 4.74 Å². The van der Waals surface area contributed by atoms with Crippen molar-refractivity contribution >= 4 is 0 Å². The van der Waals surface area contributed by atoms with Crippen molar-refractivity contribution in [2.75, 3.05) is 6.54 Å². The molecule has 0 amide bonds. The molecule has 0 fully saturated rings. The van der Waals surface area contributed by atoms with E-state index in [0.29, 0.717) is 12.1 Å². The topological polar surface area (TPSA) is 21.3 Å². The van der Waals surface area contributed by atoms with E-state index in [1.807, 2.05) is 0 Å². The first kappa shape index (κ1) is 11.5. The standard InChI is InChI=1S/C14H21NO/c1-3-7-11-10-13(15-4-2)12-8-5-6-9-14(12)16-11/h5-6,8-9,11,13,15H,3-4,7,10H2,1-2H3. The molecule has 2 atom stereocenters. The van der Waals surface area contributed by atoms with E-state index in [0.717, 1.165) is 25.1 Å². The molecule has 1 aromatic carbocycles. The second kappa shape index (κ2) is 5.35. The minimum atomic E-state index is 0.379. The van der Waals surface area contributed by atoms with Gasteiger partial charge in [0.05, 0.1) is 0 Å². The number of hydrogen-bond acceptors (Lipinski definition) is 2. The van der Waals surface area contributed by atoms with Crippen molar-refractivity contribution < 1.29 is 4.74 Å². The molecule has 1 aliphatic heterocycles. The van der Waals surface area contributed by atoms with Gasteiger partial charge in [-0.25, -0.2) is 0 Å². The molecule has 0 aliphatic carbocycles. The van der Waals surface area contributed by atoms with Gasteiger partial charge < -0.3 is 10.1 Å². The number of nitrogens with one attached hydrogen (secondary N) is 1. The maximum Gasteiger partial charge on any atom is 0.124 e. The first-order chi connectivity index (χ1) is 7.85. The molecule has 0 bridgehead atoms. The summed E-state index contributed by atoms with van der Waals surface area (Å²) in [5.74, 6) is 1.07. The van der Waals surface area contributed by atoms with Crippen LogP contribution in [0.5, 0.6) is 5.75 Å². The fraction of sp³-hybridized carbons (Fsp3) is 0.571. The summed E-state index contributed by atoms with van der Waals surface area (Å²) in [7, 11) is 0. The number of benzene rings is 1. The molecule has 0 spiro atoms. The molecule has 1 heterocycles. The van der Waals surface area contributed by atoms with Crippen molar-refractivity contribution in [1.29, 1.82) is 0 Å². The third kappa shape index (κ3) is 2.38. The quantitative estimate of drug-likeness (QED) is 0.839. The molecule has 2 unspecified atom stereocenters. The lowest BCUT2D eigenvalue weighted by atomic mass is 9.94. The lowest BCUT2D eigenvalue weighted by Gasteiger charge is -2.32. The summed E-state index contributed by atoms with van der Waals surface area (Å²) in [6.07, 6.45) is 3.81. The van der Waals surface area contributed by atoms with E-state index in [1.54, 1.807) is 0 Å². The highest BCUT2D eigenvalue weighted by Crippen LogP contribution is 2.35. The summed E-state index contributed by atoms with van der Waals surface area (Å²) in [5, 5.41) is 3.55. The molecule has 2 rings (SSSR count). The summed E-state index contributed by atoms with van der Waals surface area (Å²) in [4.78, 5) is 0. The third-order valence-electron chi connectivity index (χ3n) is 3.15. The Bertz CT molecular complexity index is 337. The molecule has 88 valence electrons. The highest BCUT2D eigenvalue weighted by Gasteiger charge is 2.26. The lowest BCUT2D eigenvalue weighted by molar-refractivity contribution is 0.140. The smallest absolute Gasteiger partial charge is 0.124 e. The highest BCUT2D eigenvalue weighted by molar-refractivity contribution is 5.37. The van der Waals surface area contributed by atoms with Crippen LogP contribution in [-0.4, -0.2) is 12.6 Å². The molecule has 1 N–H and O–H groups in total. The Hall–Kier alpha value is -1.02. The SMILES string of the molecule is CCCC1CC(NCC)c2ccccc2O1. The van der Waals surface area contributed by atoms with Gasteiger partial charge in [-0.05, 0) is 19.0 Å². The van der Waals surface area contributed by atoms with Gasteiger partial charge in [0, 0.05) is 18.0 Å². The fourth-order valence-corrected chi connectivity index (χ4v) is 2.43. The van der Waals surface area contributed by atoms with Crippen LogP contribution in [0.3, 0.4) is 0 Å². The molecule has 0 aromatic heterocycles. The van der Waals surface area contributed by atoms with Crippen LogP contribution in [-0.2, 0) is 0 Å². The maximum absolute atomic E-state index is 6.01. The van der Waals surface area contributed by atoms with Crippen molar-refractivity contribution in [2.24, 2.45) is 0 Å². The van der Waals surface area contributed by atoms with Gasteiger partial charge in [-0.3, -0.25) is 0 Å². The number of hydrogen-bond donors (Lipinski definition) is 1. The van der Waals surface area contributed by atoms with Crippen molar-refractivity contribution in [3.05, 3.63) is 29.8 Å². The van der Waals surface area contributed by atoms with Gasteiger partial charge in [-0.1, -0.05) is 38.5 Å². The van der Waals surface area contributed by atoms with E-state index >= 15 is 0 Å². The van der Waals surface area contributed by atoms with Gasteiger partial charge in [0.1, 0.15) is 11.9 Å². The Labute approximate surface area is 98.0 Å². The van der Waals surface area contributed by atoms with Crippen molar-refractivity contribution in [1.82, 2.24) is 5.32 Å². The summed E-state index contributed by atoms with van der Waals surface area (Å²) >= 11 is 0. The molecule has 16 heavy (non-hydrogen) atoms. The highest BCUT2D eigenvalue weighted by atomic mass is 16.5. The summed E-state index contributed by atoms with van der Waals surface area (Å²) in [5.41, 5.74) is 1.32. The van der Waals surface area contributed by atoms with Crippen LogP contribution in [0.15, 0.2) is 24.3 Å². The summed E-state index contributed by atoms with van der Waals surface area (Å²) in [6.45, 7) is 5.39. The van der Waals surface area contributed by atoms with E-state index in [2.05, 4.69) is 43.4 Å². The fourth-order valence-electron chi connectivity index (χ4n) is 2.43. The van der Waals surface area contributed by atoms with Crippen molar-refractivity contribution in [3.63, 3.8) is 0 Å². The molecule has 0 saturated heterocycles. The second-order valence-corrected chi connectivity index (χ2v) is 4.41. The van der Waals surface area contributed by atoms with Gasteiger partial charge in [-0.2, -0.15) is 0 Å². The van der Waals surface area contributed by atoms with Crippen molar-refractivity contribution in [3.8, 4) is 5.75 Å². The van der Waals surface area contributed by atoms with Crippen LogP contribution < -0.4 is 10.1 Å². The van der Waals surface area contributed by atoms with Crippen LogP contribution in [0.25, 0.3) is 0 Å². The van der Waals surface area contributed by atoms with E-state index < -0.39 is 0 Å². The van der Waals surface area contributed by atoms with Gasteiger partial charge in [0.15, 0.2) is 0 Å². The van der Waals surface area contributed by atoms with Crippen LogP contribution in [0.2, 0.25) is 0 Å². The molecular weight excluding hydrogens is 198 g/mol. The molecular formula is C14H21NO. The third-order valence-corrected chi connectivity index (χ3v) is 3.15. The molecule has 1 aliphatic rings. The van der Waals surface area contributed by atoms with Crippen molar-refractivity contribution in [2.45, 2.75) is 45.3 Å². The average Bonchev–Trinajstić information content (AvgIpc) is 2.30. The number of para-hydroxylation sites is 1. The minimum Gasteiger partial charge on any atom is -0.490 e. The summed E-state index contributed by atoms with van der Waals surface area (Å²) in [6, 6.07) is 8.86. The number of fused-ring (bicyclic) bond motifs is 1. The predicted octanol–water partition coefficient (Wildman–Crippen LogP) is 3.29. The minimum absolute atomic E-state index is 0.379. The Kier molecular flexibility index (Phi) is 3.83. The second-order valence-electron chi connectivity index (χ2n) is 4.41. The Morgan fingerprint density at radius 3 is 2.88 bits per heavy atom. The number of ether oxygens (including phenoxy) is 1. The largest absolute Gasteiger partial charge is 0.490 e. The predicted molar refractivity (Wildman–Crippen MR) is 66.8 cm³/mol. The van der Waals surface area contributed by atoms with Crippen LogP contribution in [0.4, 0.5) is 0 Å². The molecule has 2 heteroatoms. The Morgan fingerprint density at radius 1 is 1.31 bits per heavy atom. The van der Waals surface area contributed by atoms with Crippen LogP contribution in [0, 0.1) is 0 Å². The zero-order valence-electron chi connectivity index (χ0n) is 10.2. The van der Waals surface area contributed by atoms with Crippen LogP contribution in [0.1, 0.15) is 44.7 Å². The van der Waals surface area contributed by atoms with Gasteiger partial charge in [0.25, 0.3) is 0 Å². The van der Waals surface area contributed by atoms with Gasteiger partial charge >= 0.3 is 0 Å². The normalized spacial score (nSPS) is 23.6. The lowest BCUT2D eigenvalue weighted by Crippen LogP contribution is -2.32. The number of rotatable bonds is 4. The zero-order chi connectivity index (χ0) is 11.4. The first-order valence-electron chi connectivity index (χ1n) is 6.34. The average molecular weight is 219 g/mol. The van der Waals surface area contributed by atoms with Crippen LogP contribution >= 0.6 is 0 Å². The Morgan fingerprint density at radius 2 is 2.12 bits per heavy atom. The van der Waals surface area contributed by atoms with Gasteiger partial charge in [-0.15, -0.1) is 0 Å². The summed E-state index contributed by atoms with van der Waals surface area (Å²) < 4.78 is 6.01. The molecule has 2 nitrogen and oxygen atoms in total. The van der Waals surface area contributed by atoms with E-state index in [1.165, 1.54) is 12.0 Å². The molecule has 0 saturated carbocycles. The molecule has 1 aromatic rings. The van der Waals surface area contributed by atoms with E-state index in [-0.39, 0.29) is 0 Å². The molecule has 0 radical (unpaired) electrons. The first-order valence-corrected chi connectivity index (χ1v) is 6.34. The van der Waals surface area contributed by atoms with E-state index in [9.17, 15) is 0 Å². The van der Waals surface area contributed by atoms with Gasteiger partial charge in [0.2, 0.25) is 0 Å². The Balaban J connectivity index is 2.19.